The van der Waals surface area contributed by atoms with E-state index in [1.54, 1.807) is 6.20 Å². The molecular formula is C9H16BrN5O. The summed E-state index contributed by atoms with van der Waals surface area (Å²) in [6.07, 6.45) is 2.57. The number of nitrogen functional groups attached to an aromatic ring is 1. The van der Waals surface area contributed by atoms with E-state index in [9.17, 15) is 0 Å². The van der Waals surface area contributed by atoms with Gasteiger partial charge in [0.25, 0.3) is 0 Å². The van der Waals surface area contributed by atoms with Crippen LogP contribution in [0, 0.1) is 0 Å². The first-order valence-electron chi connectivity index (χ1n) is 5.08. The number of hydrogen-bond acceptors (Lipinski definition) is 6. The summed E-state index contributed by atoms with van der Waals surface area (Å²) in [5.41, 5.74) is 2.40. The number of rotatable bonds is 7. The Hall–Kier alpha value is -0.920. The van der Waals surface area contributed by atoms with Crippen molar-refractivity contribution in [3.63, 3.8) is 0 Å². The van der Waals surface area contributed by atoms with Gasteiger partial charge >= 0.3 is 0 Å². The lowest BCUT2D eigenvalue weighted by molar-refractivity contribution is 0.147. The number of nitrogens with two attached hydrogens (primary N) is 1. The molecule has 0 amide bonds. The van der Waals surface area contributed by atoms with Crippen LogP contribution in [0.2, 0.25) is 0 Å². The van der Waals surface area contributed by atoms with Crippen molar-refractivity contribution in [2.75, 3.05) is 30.5 Å². The van der Waals surface area contributed by atoms with Crippen LogP contribution in [0.4, 0.5) is 11.8 Å². The van der Waals surface area contributed by atoms with Crippen molar-refractivity contribution >= 4 is 27.7 Å². The number of anilines is 2. The van der Waals surface area contributed by atoms with Crippen LogP contribution in [0.5, 0.6) is 0 Å². The summed E-state index contributed by atoms with van der Waals surface area (Å²) in [6, 6.07) is 0. The summed E-state index contributed by atoms with van der Waals surface area (Å²) >= 11 is 3.36. The fourth-order valence-electron chi connectivity index (χ4n) is 1.09. The largest absolute Gasteiger partial charge is 0.382 e. The molecule has 0 radical (unpaired) electrons. The predicted octanol–water partition coefficient (Wildman–Crippen LogP) is 1.36. The Balaban J connectivity index is 2.40. The number of nitrogens with zero attached hydrogens (tertiary/aromatic N) is 2. The lowest BCUT2D eigenvalue weighted by Crippen LogP contribution is -2.13. The molecule has 1 heterocycles. The van der Waals surface area contributed by atoms with Crippen LogP contribution in [0.3, 0.4) is 0 Å². The first kappa shape index (κ1) is 13.1. The highest BCUT2D eigenvalue weighted by atomic mass is 79.9. The maximum atomic E-state index is 5.23. The van der Waals surface area contributed by atoms with Gasteiger partial charge in [0.1, 0.15) is 5.82 Å². The number of aromatic nitrogens is 2. The minimum absolute atomic E-state index is 0.385. The zero-order valence-electron chi connectivity index (χ0n) is 9.16. The first-order chi connectivity index (χ1) is 7.77. The summed E-state index contributed by atoms with van der Waals surface area (Å²) in [4.78, 5) is 8.12. The lowest BCUT2D eigenvalue weighted by atomic mass is 10.4. The van der Waals surface area contributed by atoms with E-state index in [1.165, 1.54) is 0 Å². The molecule has 0 saturated heterocycles. The molecule has 0 fully saturated rings. The quantitative estimate of drug-likeness (QED) is 0.399. The minimum atomic E-state index is 0.385. The zero-order chi connectivity index (χ0) is 11.8. The van der Waals surface area contributed by atoms with Crippen molar-refractivity contribution in [3.8, 4) is 0 Å². The summed E-state index contributed by atoms with van der Waals surface area (Å²) in [5, 5.41) is 3.17. The van der Waals surface area contributed by atoms with Crippen molar-refractivity contribution in [1.29, 1.82) is 0 Å². The molecule has 0 saturated carbocycles. The Morgan fingerprint density at radius 3 is 3.06 bits per heavy atom. The molecule has 16 heavy (non-hydrogen) atoms. The lowest BCUT2D eigenvalue weighted by Gasteiger charge is -2.08. The predicted molar refractivity (Wildman–Crippen MR) is 67.1 cm³/mol. The highest BCUT2D eigenvalue weighted by molar-refractivity contribution is 9.10. The third-order valence-electron chi connectivity index (χ3n) is 1.84. The third-order valence-corrected chi connectivity index (χ3v) is 2.42. The summed E-state index contributed by atoms with van der Waals surface area (Å²) in [7, 11) is 0. The number of nitrogens with one attached hydrogen (secondary N) is 2. The van der Waals surface area contributed by atoms with Crippen LogP contribution in [-0.2, 0) is 4.74 Å². The van der Waals surface area contributed by atoms with E-state index in [4.69, 9.17) is 10.6 Å². The molecule has 1 rings (SSSR count). The highest BCUT2D eigenvalue weighted by Gasteiger charge is 2.03. The molecule has 6 nitrogen and oxygen atoms in total. The average molecular weight is 290 g/mol. The van der Waals surface area contributed by atoms with Crippen LogP contribution in [-0.4, -0.2) is 29.7 Å². The monoisotopic (exact) mass is 289 g/mol. The van der Waals surface area contributed by atoms with Crippen LogP contribution >= 0.6 is 15.9 Å². The number of halogens is 1. The Morgan fingerprint density at radius 1 is 1.56 bits per heavy atom. The van der Waals surface area contributed by atoms with E-state index >= 15 is 0 Å². The van der Waals surface area contributed by atoms with Crippen LogP contribution < -0.4 is 16.6 Å². The molecule has 0 bridgehead atoms. The van der Waals surface area contributed by atoms with Gasteiger partial charge in [0.05, 0.1) is 4.47 Å². The molecule has 0 aliphatic carbocycles. The second-order valence-electron chi connectivity index (χ2n) is 3.01. The van der Waals surface area contributed by atoms with Gasteiger partial charge in [-0.05, 0) is 29.3 Å². The molecule has 90 valence electrons. The maximum Gasteiger partial charge on any atom is 0.239 e. The normalized spacial score (nSPS) is 10.2. The summed E-state index contributed by atoms with van der Waals surface area (Å²) in [5.74, 6) is 6.33. The average Bonchev–Trinajstić information content (AvgIpc) is 2.31. The summed E-state index contributed by atoms with van der Waals surface area (Å²) in [6.45, 7) is 4.26. The van der Waals surface area contributed by atoms with Gasteiger partial charge in [-0.2, -0.15) is 4.98 Å². The van der Waals surface area contributed by atoms with Crippen LogP contribution in [0.25, 0.3) is 0 Å². The van der Waals surface area contributed by atoms with E-state index in [0.29, 0.717) is 5.95 Å². The molecule has 0 aromatic carbocycles. The van der Waals surface area contributed by atoms with Gasteiger partial charge in [-0.1, -0.05) is 0 Å². The van der Waals surface area contributed by atoms with E-state index < -0.39 is 0 Å². The smallest absolute Gasteiger partial charge is 0.239 e. The molecule has 0 unspecified atom stereocenters. The molecular weight excluding hydrogens is 274 g/mol. The van der Waals surface area contributed by atoms with Crippen molar-refractivity contribution in [2.45, 2.75) is 13.3 Å². The second kappa shape index (κ2) is 7.37. The third kappa shape index (κ3) is 4.30. The van der Waals surface area contributed by atoms with Gasteiger partial charge in [0.15, 0.2) is 0 Å². The molecule has 1 aromatic heterocycles. The number of hydrazine groups is 1. The van der Waals surface area contributed by atoms with Crippen molar-refractivity contribution in [2.24, 2.45) is 5.84 Å². The fraction of sp³-hybridized carbons (Fsp3) is 0.556. The second-order valence-corrected chi connectivity index (χ2v) is 3.87. The minimum Gasteiger partial charge on any atom is -0.382 e. The zero-order valence-corrected chi connectivity index (χ0v) is 10.7. The van der Waals surface area contributed by atoms with Gasteiger partial charge in [-0.25, -0.2) is 10.8 Å². The topological polar surface area (TPSA) is 85.1 Å². The summed E-state index contributed by atoms with van der Waals surface area (Å²) < 4.78 is 6.04. The Kier molecular flexibility index (Phi) is 6.05. The fourth-order valence-corrected chi connectivity index (χ4v) is 1.42. The van der Waals surface area contributed by atoms with Gasteiger partial charge in [0.2, 0.25) is 5.95 Å². The molecule has 7 heteroatoms. The van der Waals surface area contributed by atoms with Gasteiger partial charge in [0, 0.05) is 26.0 Å². The SMILES string of the molecule is CCOCCCNc1nc(NN)ncc1Br. The molecule has 0 spiro atoms. The Bertz CT molecular complexity index is 323. The van der Waals surface area contributed by atoms with Gasteiger partial charge in [-0.15, -0.1) is 0 Å². The van der Waals surface area contributed by atoms with Crippen LogP contribution in [0.15, 0.2) is 10.7 Å². The number of hydrogen-bond donors (Lipinski definition) is 3. The molecule has 0 aliphatic rings. The van der Waals surface area contributed by atoms with E-state index in [0.717, 1.165) is 36.5 Å². The van der Waals surface area contributed by atoms with Crippen molar-refractivity contribution in [1.82, 2.24) is 9.97 Å². The van der Waals surface area contributed by atoms with Gasteiger partial charge < -0.3 is 10.1 Å². The maximum absolute atomic E-state index is 5.23. The first-order valence-corrected chi connectivity index (χ1v) is 5.88. The molecule has 0 aliphatic heterocycles. The molecule has 4 N–H and O–H groups in total. The Morgan fingerprint density at radius 2 is 2.38 bits per heavy atom. The molecule has 1 aromatic rings. The van der Waals surface area contributed by atoms with Crippen LogP contribution in [0.1, 0.15) is 13.3 Å². The van der Waals surface area contributed by atoms with E-state index in [1.807, 2.05) is 6.92 Å². The van der Waals surface area contributed by atoms with E-state index in [-0.39, 0.29) is 0 Å². The van der Waals surface area contributed by atoms with Crippen molar-refractivity contribution < 1.29 is 4.74 Å². The van der Waals surface area contributed by atoms with Gasteiger partial charge in [-0.3, -0.25) is 5.43 Å². The standard InChI is InChI=1S/C9H16BrN5O/c1-2-16-5-3-4-12-8-7(10)6-13-9(14-8)15-11/h6H,2-5,11H2,1H3,(H2,12,13,14,15). The molecule has 0 atom stereocenters. The Labute approximate surface area is 103 Å². The van der Waals surface area contributed by atoms with E-state index in [2.05, 4.69) is 36.6 Å². The highest BCUT2D eigenvalue weighted by Crippen LogP contribution is 2.19. The number of ether oxygens (including phenoxy) is 1. The van der Waals surface area contributed by atoms with Crippen molar-refractivity contribution in [3.05, 3.63) is 10.7 Å².